The van der Waals surface area contributed by atoms with Crippen LogP contribution in [-0.2, 0) is 0 Å². The quantitative estimate of drug-likeness (QED) is 0.0796. The standard InChI is InChI=1S/C116H88B2N8/c1-73-61-91(81-33-17-9-18-34-81)62-74(2)107(73)117(108-75(3)63-92(64-76(108)4)82-35-19-10-20-36-82)95-53-59-103-99(69-95)101-71-106-102(72-105(101)125(103)97-55-49-89(50-56-97)115-121-111(85-41-25-13-26-42-85)119-112(122-115)86-43-27-14-28-44-86)100-70-96(118(109-77(5)65-93(66-78(109)6)83-37-21-11-22-38-83)110-79(7)67-94(68-80(110)8)84-39-23-12-24-40-84)54-60-104(100)126(106)98-57-51-90(52-58-98)116-123-113(87-45-29-15-30-46-87)120-114(124-116)88-47-31-16-32-48-88/h9-72H,1-8H3. The molecule has 21 rings (SSSR count). The molecule has 4 aromatic heterocycles. The molecule has 0 radical (unpaired) electrons. The molecule has 17 aromatic carbocycles. The van der Waals surface area contributed by atoms with Gasteiger partial charge in [0.2, 0.25) is 13.4 Å². The lowest BCUT2D eigenvalue weighted by Crippen LogP contribution is -2.55. The maximum atomic E-state index is 5.24. The number of hydrogen-bond acceptors (Lipinski definition) is 6. The molecule has 0 saturated heterocycles. The Balaban J connectivity index is 0.830. The molecule has 0 spiro atoms. The zero-order chi connectivity index (χ0) is 85.2. The van der Waals surface area contributed by atoms with Crippen LogP contribution in [0.15, 0.2) is 388 Å². The Hall–Kier alpha value is -15.5. The van der Waals surface area contributed by atoms with Crippen LogP contribution in [0.3, 0.4) is 0 Å². The van der Waals surface area contributed by atoms with E-state index in [2.05, 4.69) is 380 Å². The van der Waals surface area contributed by atoms with Crippen molar-refractivity contribution in [1.29, 1.82) is 0 Å². The van der Waals surface area contributed by atoms with Gasteiger partial charge in [-0.1, -0.05) is 393 Å². The molecule has 0 N–H and O–H groups in total. The number of nitrogens with zero attached hydrogens (tertiary/aromatic N) is 8. The van der Waals surface area contributed by atoms with Crippen molar-refractivity contribution in [3.8, 4) is 124 Å². The van der Waals surface area contributed by atoms with E-state index in [1.54, 1.807) is 0 Å². The zero-order valence-electron chi connectivity index (χ0n) is 71.7. The summed E-state index contributed by atoms with van der Waals surface area (Å²) in [5.41, 5.74) is 38.8. The highest BCUT2D eigenvalue weighted by atomic mass is 15.1. The first-order valence-corrected chi connectivity index (χ1v) is 43.4. The number of benzene rings is 17. The van der Waals surface area contributed by atoms with Crippen LogP contribution in [-0.4, -0.2) is 52.5 Å². The third kappa shape index (κ3) is 14.5. The lowest BCUT2D eigenvalue weighted by molar-refractivity contribution is 1.07. The van der Waals surface area contributed by atoms with Crippen molar-refractivity contribution in [2.75, 3.05) is 0 Å². The van der Waals surface area contributed by atoms with Crippen molar-refractivity contribution in [1.82, 2.24) is 39.0 Å². The molecule has 21 aromatic rings. The molecule has 0 aliphatic heterocycles. The van der Waals surface area contributed by atoms with E-state index in [0.717, 1.165) is 88.4 Å². The van der Waals surface area contributed by atoms with Gasteiger partial charge in [0, 0.05) is 66.3 Å². The monoisotopic (exact) mass is 1610 g/mol. The van der Waals surface area contributed by atoms with Gasteiger partial charge in [-0.2, -0.15) is 0 Å². The molecule has 0 aliphatic rings. The van der Waals surface area contributed by atoms with E-state index in [4.69, 9.17) is 29.9 Å². The summed E-state index contributed by atoms with van der Waals surface area (Å²) in [6, 6.07) is 141. The van der Waals surface area contributed by atoms with Gasteiger partial charge in [-0.15, -0.1) is 0 Å². The predicted octanol–water partition coefficient (Wildman–Crippen LogP) is 24.4. The fourth-order valence-electron chi connectivity index (χ4n) is 19.7. The van der Waals surface area contributed by atoms with Gasteiger partial charge in [-0.25, -0.2) is 29.9 Å². The summed E-state index contributed by atoms with van der Waals surface area (Å²) in [7, 11) is 0. The second kappa shape index (κ2) is 32.7. The van der Waals surface area contributed by atoms with Crippen molar-refractivity contribution in [2.24, 2.45) is 0 Å². The highest BCUT2D eigenvalue weighted by molar-refractivity contribution is 6.97. The lowest BCUT2D eigenvalue weighted by Gasteiger charge is -2.25. The van der Waals surface area contributed by atoms with Gasteiger partial charge in [0.25, 0.3) is 0 Å². The van der Waals surface area contributed by atoms with Crippen LogP contribution in [0, 0.1) is 55.4 Å². The average molecular weight is 1620 g/mol. The van der Waals surface area contributed by atoms with Gasteiger partial charge in [-0.05, 0) is 173 Å². The first kappa shape index (κ1) is 77.8. The molecular weight excluding hydrogens is 1530 g/mol. The Kier molecular flexibility index (Phi) is 20.2. The van der Waals surface area contributed by atoms with Crippen molar-refractivity contribution < 1.29 is 0 Å². The number of aromatic nitrogens is 8. The van der Waals surface area contributed by atoms with Gasteiger partial charge in [0.05, 0.1) is 22.1 Å². The van der Waals surface area contributed by atoms with E-state index >= 15 is 0 Å². The average Bonchev–Trinajstić information content (AvgIpc) is 1.55. The molecule has 0 amide bonds. The Labute approximate surface area is 736 Å². The number of aryl methyl sites for hydroxylation is 8. The van der Waals surface area contributed by atoms with Crippen LogP contribution >= 0.6 is 0 Å². The Morgan fingerprint density at radius 2 is 0.357 bits per heavy atom. The van der Waals surface area contributed by atoms with Crippen LogP contribution in [0.2, 0.25) is 0 Å². The third-order valence-corrected chi connectivity index (χ3v) is 25.5. The molecule has 8 nitrogen and oxygen atoms in total. The molecule has 0 saturated carbocycles. The SMILES string of the molecule is Cc1cc(-c2ccccc2)cc(C)c1B(c1ccc2c(c1)c1cc3c(cc1n2-c1ccc(-c2nc(-c4ccccc4)nc(-c4ccccc4)n2)cc1)c1cc(B(c2c(C)cc(-c4ccccc4)cc2C)c2c(C)cc(-c4ccccc4)cc2C)ccc1n3-c1ccc(-c2nc(-c3ccccc3)nc(-c3ccccc3)n2)cc1)c1c(C)cc(-c2ccccc2)cc1C. The largest absolute Gasteiger partial charge is 0.309 e. The normalized spacial score (nSPS) is 11.5. The summed E-state index contributed by atoms with van der Waals surface area (Å²) in [4.78, 5) is 31.2. The van der Waals surface area contributed by atoms with Crippen LogP contribution in [0.25, 0.3) is 168 Å². The van der Waals surface area contributed by atoms with Crippen LogP contribution in [0.1, 0.15) is 44.5 Å². The smallest absolute Gasteiger partial charge is 0.242 e. The van der Waals surface area contributed by atoms with Gasteiger partial charge >= 0.3 is 0 Å². The maximum Gasteiger partial charge on any atom is 0.242 e. The van der Waals surface area contributed by atoms with Crippen molar-refractivity contribution in [3.05, 3.63) is 433 Å². The molecular formula is C116H88B2N8. The first-order chi connectivity index (χ1) is 61.7. The van der Waals surface area contributed by atoms with E-state index < -0.39 is 0 Å². The Morgan fingerprint density at radius 1 is 0.167 bits per heavy atom. The van der Waals surface area contributed by atoms with Gasteiger partial charge in [0.1, 0.15) is 0 Å². The molecule has 0 unspecified atom stereocenters. The summed E-state index contributed by atoms with van der Waals surface area (Å²) in [6.07, 6.45) is 0. The Morgan fingerprint density at radius 3 is 0.571 bits per heavy atom. The molecule has 0 bridgehead atoms. The summed E-state index contributed by atoms with van der Waals surface area (Å²) in [5.74, 6) is 3.62. The number of fused-ring (bicyclic) bond motifs is 6. The maximum absolute atomic E-state index is 5.24. The summed E-state index contributed by atoms with van der Waals surface area (Å²) < 4.78 is 4.99. The molecule has 4 heterocycles. The van der Waals surface area contributed by atoms with E-state index in [0.29, 0.717) is 34.9 Å². The van der Waals surface area contributed by atoms with E-state index in [1.807, 2.05) is 72.8 Å². The minimum atomic E-state index is -0.163. The van der Waals surface area contributed by atoms with Gasteiger partial charge in [-0.3, -0.25) is 0 Å². The second-order valence-corrected chi connectivity index (χ2v) is 33.7. The Bertz CT molecular complexity index is 6880. The van der Waals surface area contributed by atoms with E-state index in [-0.39, 0.29) is 13.4 Å². The summed E-state index contributed by atoms with van der Waals surface area (Å²) in [5, 5.41) is 4.48. The fraction of sp³-hybridized carbons (Fsp3) is 0.0690. The summed E-state index contributed by atoms with van der Waals surface area (Å²) in [6.45, 7) is 18.2. The lowest BCUT2D eigenvalue weighted by atomic mass is 9.34. The number of hydrogen-bond donors (Lipinski definition) is 0. The molecule has 0 aliphatic carbocycles. The molecule has 10 heteroatoms. The minimum Gasteiger partial charge on any atom is -0.309 e. The molecule has 598 valence electrons. The van der Waals surface area contributed by atoms with Crippen molar-refractivity contribution >= 4 is 89.8 Å². The topological polar surface area (TPSA) is 87.2 Å². The molecule has 0 fully saturated rings. The molecule has 0 atom stereocenters. The van der Waals surface area contributed by atoms with Crippen molar-refractivity contribution in [3.63, 3.8) is 0 Å². The van der Waals surface area contributed by atoms with Gasteiger partial charge < -0.3 is 9.13 Å². The van der Waals surface area contributed by atoms with Gasteiger partial charge in [0.15, 0.2) is 34.9 Å². The van der Waals surface area contributed by atoms with Crippen LogP contribution < -0.4 is 32.8 Å². The second-order valence-electron chi connectivity index (χ2n) is 33.7. The third-order valence-electron chi connectivity index (χ3n) is 25.5. The zero-order valence-corrected chi connectivity index (χ0v) is 71.7. The predicted molar refractivity (Wildman–Crippen MR) is 529 cm³/mol. The van der Waals surface area contributed by atoms with E-state index in [9.17, 15) is 0 Å². The highest BCUT2D eigenvalue weighted by Gasteiger charge is 2.34. The minimum absolute atomic E-state index is 0.163. The first-order valence-electron chi connectivity index (χ1n) is 43.4. The number of rotatable bonds is 18. The summed E-state index contributed by atoms with van der Waals surface area (Å²) >= 11 is 0. The molecule has 126 heavy (non-hydrogen) atoms. The van der Waals surface area contributed by atoms with Crippen molar-refractivity contribution in [2.45, 2.75) is 55.4 Å². The fourth-order valence-corrected chi connectivity index (χ4v) is 19.7. The highest BCUT2D eigenvalue weighted by Crippen LogP contribution is 2.42. The van der Waals surface area contributed by atoms with E-state index in [1.165, 1.54) is 122 Å². The van der Waals surface area contributed by atoms with Crippen LogP contribution in [0.4, 0.5) is 0 Å². The van der Waals surface area contributed by atoms with Crippen LogP contribution in [0.5, 0.6) is 0 Å².